The lowest BCUT2D eigenvalue weighted by atomic mass is 10.1. The van der Waals surface area contributed by atoms with Crippen molar-refractivity contribution in [2.24, 2.45) is 0 Å². The van der Waals surface area contributed by atoms with Crippen LogP contribution in [0, 0.1) is 11.8 Å². The van der Waals surface area contributed by atoms with Crippen LogP contribution < -0.4 is 10.5 Å². The minimum absolute atomic E-state index is 0.0501. The second-order valence-corrected chi connectivity index (χ2v) is 9.10. The van der Waals surface area contributed by atoms with Crippen LogP contribution in [0.1, 0.15) is 51.4 Å². The molecule has 0 saturated carbocycles. The number of halogens is 3. The van der Waals surface area contributed by atoms with E-state index in [0.29, 0.717) is 42.4 Å². The number of fused-ring (bicyclic) bond motifs is 1. The molecule has 1 aliphatic rings. The van der Waals surface area contributed by atoms with Gasteiger partial charge in [-0.3, -0.25) is 9.36 Å². The Morgan fingerprint density at radius 3 is 2.40 bits per heavy atom. The van der Waals surface area contributed by atoms with Crippen molar-refractivity contribution in [3.63, 3.8) is 0 Å². The standard InChI is InChI=1S/C25H29F3N4O3/c1-6-8-14-32-21(33)19-16-30(23(34)35-24(3,4)5)15-13-20(19)29-22(32)31(7-2)18-11-9-17(10-12-18)25(26,27)28/h9-12H,7,13-16H2,1-5H3. The second-order valence-electron chi connectivity index (χ2n) is 9.10. The van der Waals surface area contributed by atoms with Crippen LogP contribution in [0.4, 0.5) is 29.6 Å². The van der Waals surface area contributed by atoms with E-state index in [1.807, 2.05) is 6.92 Å². The van der Waals surface area contributed by atoms with Gasteiger partial charge in [0.05, 0.1) is 29.9 Å². The normalized spacial score (nSPS) is 13.5. The highest BCUT2D eigenvalue weighted by Gasteiger charge is 2.32. The van der Waals surface area contributed by atoms with Gasteiger partial charge >= 0.3 is 12.3 Å². The molecule has 1 amide bonds. The third-order valence-electron chi connectivity index (χ3n) is 5.43. The van der Waals surface area contributed by atoms with Crippen molar-refractivity contribution in [1.82, 2.24) is 14.5 Å². The topological polar surface area (TPSA) is 67.7 Å². The molecule has 0 fully saturated rings. The number of aromatic nitrogens is 2. The Morgan fingerprint density at radius 1 is 1.20 bits per heavy atom. The van der Waals surface area contributed by atoms with Gasteiger partial charge in [0.1, 0.15) is 5.60 Å². The molecule has 2 aromatic rings. The van der Waals surface area contributed by atoms with E-state index < -0.39 is 23.4 Å². The highest BCUT2D eigenvalue weighted by molar-refractivity contribution is 5.68. The Labute approximate surface area is 202 Å². The average Bonchev–Trinajstić information content (AvgIpc) is 2.78. The lowest BCUT2D eigenvalue weighted by molar-refractivity contribution is -0.137. The largest absolute Gasteiger partial charge is 0.444 e. The molecule has 3 rings (SSSR count). The maximum Gasteiger partial charge on any atom is 0.416 e. The van der Waals surface area contributed by atoms with E-state index in [4.69, 9.17) is 9.72 Å². The zero-order valence-corrected chi connectivity index (χ0v) is 20.5. The number of ether oxygens (including phenoxy) is 1. The average molecular weight is 491 g/mol. The molecule has 2 heterocycles. The molecule has 0 spiro atoms. The van der Waals surface area contributed by atoms with Crippen molar-refractivity contribution < 1.29 is 22.7 Å². The summed E-state index contributed by atoms with van der Waals surface area (Å²) in [6.07, 6.45) is -4.60. The van der Waals surface area contributed by atoms with Crippen molar-refractivity contribution in [2.75, 3.05) is 18.0 Å². The minimum Gasteiger partial charge on any atom is -0.444 e. The zero-order valence-electron chi connectivity index (χ0n) is 20.5. The monoisotopic (exact) mass is 490 g/mol. The lowest BCUT2D eigenvalue weighted by Crippen LogP contribution is -2.44. The number of nitrogens with zero attached hydrogens (tertiary/aromatic N) is 4. The van der Waals surface area contributed by atoms with Gasteiger partial charge in [0.25, 0.3) is 5.56 Å². The van der Waals surface area contributed by atoms with E-state index in [9.17, 15) is 22.8 Å². The Balaban J connectivity index is 2.04. The molecular weight excluding hydrogens is 461 g/mol. The summed E-state index contributed by atoms with van der Waals surface area (Å²) < 4.78 is 45.9. The second kappa shape index (κ2) is 10.0. The van der Waals surface area contributed by atoms with E-state index in [-0.39, 0.29) is 18.6 Å². The SMILES string of the molecule is CC#CCn1c(N(CC)c2ccc(C(F)(F)F)cc2)nc2c(c1=O)CN(C(=O)OC(C)(C)C)CC2. The smallest absolute Gasteiger partial charge is 0.416 e. The summed E-state index contributed by atoms with van der Waals surface area (Å²) >= 11 is 0. The fourth-order valence-corrected chi connectivity index (χ4v) is 3.76. The number of benzene rings is 1. The summed E-state index contributed by atoms with van der Waals surface area (Å²) in [6, 6.07) is 4.73. The molecule has 0 unspecified atom stereocenters. The first-order valence-electron chi connectivity index (χ1n) is 11.3. The molecule has 35 heavy (non-hydrogen) atoms. The van der Waals surface area contributed by atoms with Gasteiger partial charge in [0.2, 0.25) is 5.95 Å². The summed E-state index contributed by atoms with van der Waals surface area (Å²) in [5, 5.41) is 0. The van der Waals surface area contributed by atoms with Crippen molar-refractivity contribution in [3.8, 4) is 11.8 Å². The third kappa shape index (κ3) is 5.96. The molecule has 0 radical (unpaired) electrons. The van der Waals surface area contributed by atoms with E-state index in [1.54, 1.807) is 32.6 Å². The van der Waals surface area contributed by atoms with Crippen LogP contribution in [0.2, 0.25) is 0 Å². The molecule has 0 atom stereocenters. The summed E-state index contributed by atoms with van der Waals surface area (Å²) in [5.74, 6) is 5.92. The van der Waals surface area contributed by atoms with Gasteiger partial charge in [0, 0.05) is 25.2 Å². The molecule has 0 bridgehead atoms. The molecule has 0 N–H and O–H groups in total. The van der Waals surface area contributed by atoms with E-state index in [2.05, 4.69) is 11.8 Å². The van der Waals surface area contributed by atoms with Gasteiger partial charge in [-0.2, -0.15) is 13.2 Å². The number of alkyl halides is 3. The number of carbonyl (C=O) groups is 1. The van der Waals surface area contributed by atoms with Crippen molar-refractivity contribution >= 4 is 17.7 Å². The van der Waals surface area contributed by atoms with Crippen molar-refractivity contribution in [1.29, 1.82) is 0 Å². The summed E-state index contributed by atoms with van der Waals surface area (Å²) in [5.41, 5.74) is -0.363. The number of carbonyl (C=O) groups excluding carboxylic acids is 1. The van der Waals surface area contributed by atoms with Crippen LogP contribution in [0.3, 0.4) is 0 Å². The lowest BCUT2D eigenvalue weighted by Gasteiger charge is -2.32. The minimum atomic E-state index is -4.45. The Hall–Kier alpha value is -3.48. The van der Waals surface area contributed by atoms with E-state index in [0.717, 1.165) is 12.1 Å². The summed E-state index contributed by atoms with van der Waals surface area (Å²) in [7, 11) is 0. The highest BCUT2D eigenvalue weighted by Crippen LogP contribution is 2.32. The van der Waals surface area contributed by atoms with Gasteiger partial charge in [-0.25, -0.2) is 9.78 Å². The molecule has 1 aromatic heterocycles. The number of anilines is 2. The predicted molar refractivity (Wildman–Crippen MR) is 126 cm³/mol. The maximum absolute atomic E-state index is 13.5. The highest BCUT2D eigenvalue weighted by atomic mass is 19.4. The van der Waals surface area contributed by atoms with Crippen LogP contribution in [-0.2, 0) is 30.4 Å². The predicted octanol–water partition coefficient (Wildman–Crippen LogP) is 4.74. The fraction of sp³-hybridized carbons (Fsp3) is 0.480. The van der Waals surface area contributed by atoms with Gasteiger partial charge < -0.3 is 14.5 Å². The van der Waals surface area contributed by atoms with Crippen LogP contribution in [0.15, 0.2) is 29.1 Å². The Morgan fingerprint density at radius 2 is 1.86 bits per heavy atom. The van der Waals surface area contributed by atoms with Crippen molar-refractivity contribution in [3.05, 3.63) is 51.4 Å². The van der Waals surface area contributed by atoms with Crippen LogP contribution in [0.25, 0.3) is 0 Å². The van der Waals surface area contributed by atoms with Crippen LogP contribution in [-0.4, -0.2) is 39.2 Å². The third-order valence-corrected chi connectivity index (χ3v) is 5.43. The number of rotatable bonds is 4. The zero-order chi connectivity index (χ0) is 26.0. The van der Waals surface area contributed by atoms with Gasteiger partial charge in [-0.05, 0) is 58.9 Å². The van der Waals surface area contributed by atoms with Crippen molar-refractivity contribution in [2.45, 2.75) is 65.9 Å². The molecular formula is C25H29F3N4O3. The fourth-order valence-electron chi connectivity index (χ4n) is 3.76. The molecule has 1 aliphatic heterocycles. The van der Waals surface area contributed by atoms with Gasteiger partial charge in [-0.1, -0.05) is 5.92 Å². The Kier molecular flexibility index (Phi) is 7.48. The van der Waals surface area contributed by atoms with E-state index >= 15 is 0 Å². The molecule has 7 nitrogen and oxygen atoms in total. The number of hydrogen-bond acceptors (Lipinski definition) is 5. The maximum atomic E-state index is 13.5. The van der Waals surface area contributed by atoms with E-state index in [1.165, 1.54) is 21.6 Å². The first kappa shape index (κ1) is 26.1. The Bertz CT molecular complexity index is 1200. The molecule has 0 aliphatic carbocycles. The number of hydrogen-bond donors (Lipinski definition) is 0. The first-order valence-corrected chi connectivity index (χ1v) is 11.3. The number of amides is 1. The van der Waals surface area contributed by atoms with Gasteiger partial charge in [-0.15, -0.1) is 5.92 Å². The molecule has 188 valence electrons. The molecule has 1 aromatic carbocycles. The quantitative estimate of drug-likeness (QED) is 0.580. The summed E-state index contributed by atoms with van der Waals surface area (Å²) in [4.78, 5) is 34.0. The summed E-state index contributed by atoms with van der Waals surface area (Å²) in [6.45, 7) is 9.59. The van der Waals surface area contributed by atoms with Crippen LogP contribution in [0.5, 0.6) is 0 Å². The first-order chi connectivity index (χ1) is 16.4. The molecule has 10 heteroatoms. The van der Waals surface area contributed by atoms with Gasteiger partial charge in [0.15, 0.2) is 0 Å². The molecule has 0 saturated heterocycles. The van der Waals surface area contributed by atoms with Crippen LogP contribution >= 0.6 is 0 Å².